The molecule has 0 aliphatic carbocycles. The molecule has 23 heavy (non-hydrogen) atoms. The lowest BCUT2D eigenvalue weighted by molar-refractivity contribution is -0.128. The van der Waals surface area contributed by atoms with E-state index >= 15 is 0 Å². The van der Waals surface area contributed by atoms with Gasteiger partial charge in [0.1, 0.15) is 12.4 Å². The molecule has 120 valence electrons. The number of likely N-dealkylation sites (tertiary alicyclic amines) is 1. The van der Waals surface area contributed by atoms with Crippen molar-refractivity contribution in [3.05, 3.63) is 28.8 Å². The van der Waals surface area contributed by atoms with Crippen molar-refractivity contribution in [2.24, 2.45) is 4.99 Å². The lowest BCUT2D eigenvalue weighted by Gasteiger charge is -2.35. The molecule has 3 amide bonds. The van der Waals surface area contributed by atoms with E-state index in [-0.39, 0.29) is 18.5 Å². The van der Waals surface area contributed by atoms with Crippen molar-refractivity contribution in [3.63, 3.8) is 0 Å². The molecule has 4 rings (SSSR count). The summed E-state index contributed by atoms with van der Waals surface area (Å²) < 4.78 is 0. The fourth-order valence-corrected chi connectivity index (χ4v) is 3.55. The zero-order valence-electron chi connectivity index (χ0n) is 12.7. The van der Waals surface area contributed by atoms with E-state index in [0.29, 0.717) is 29.6 Å². The summed E-state index contributed by atoms with van der Waals surface area (Å²) in [6.07, 6.45) is 2.07. The maximum absolute atomic E-state index is 12.8. The van der Waals surface area contributed by atoms with E-state index in [1.807, 2.05) is 11.0 Å². The first-order valence-corrected chi connectivity index (χ1v) is 8.24. The van der Waals surface area contributed by atoms with Crippen LogP contribution in [0.3, 0.4) is 0 Å². The first-order valence-electron chi connectivity index (χ1n) is 7.86. The van der Waals surface area contributed by atoms with Crippen molar-refractivity contribution in [2.45, 2.75) is 12.8 Å². The van der Waals surface area contributed by atoms with Crippen LogP contribution in [0.2, 0.25) is 5.02 Å². The van der Waals surface area contributed by atoms with Crippen LogP contribution in [0.25, 0.3) is 0 Å². The van der Waals surface area contributed by atoms with Crippen LogP contribution in [0.15, 0.2) is 23.2 Å². The predicted octanol–water partition coefficient (Wildman–Crippen LogP) is 1.96. The molecule has 0 aromatic heterocycles. The van der Waals surface area contributed by atoms with Crippen molar-refractivity contribution in [1.29, 1.82) is 0 Å². The maximum atomic E-state index is 12.8. The van der Waals surface area contributed by atoms with E-state index in [1.54, 1.807) is 17.0 Å². The molecule has 0 spiro atoms. The first-order chi connectivity index (χ1) is 11.1. The Labute approximate surface area is 139 Å². The molecule has 0 radical (unpaired) electrons. The number of benzene rings is 1. The minimum atomic E-state index is -0.191. The molecular formula is C16H17ClN4O2. The van der Waals surface area contributed by atoms with Gasteiger partial charge in [-0.1, -0.05) is 11.6 Å². The highest BCUT2D eigenvalue weighted by molar-refractivity contribution is 6.31. The number of hydrogen-bond donors (Lipinski definition) is 0. The van der Waals surface area contributed by atoms with E-state index in [0.717, 1.165) is 31.5 Å². The van der Waals surface area contributed by atoms with Crippen molar-refractivity contribution < 1.29 is 9.59 Å². The van der Waals surface area contributed by atoms with Crippen molar-refractivity contribution in [1.82, 2.24) is 9.80 Å². The molecule has 6 nitrogen and oxygen atoms in total. The normalized spacial score (nSPS) is 19.8. The van der Waals surface area contributed by atoms with Gasteiger partial charge in [0, 0.05) is 30.2 Å². The number of urea groups is 1. The molecular weight excluding hydrogens is 316 g/mol. The van der Waals surface area contributed by atoms with Crippen LogP contribution in [0.5, 0.6) is 0 Å². The number of fused-ring (bicyclic) bond motifs is 3. The second-order valence-electron chi connectivity index (χ2n) is 5.98. The third-order valence-corrected chi connectivity index (χ3v) is 4.78. The zero-order valence-corrected chi connectivity index (χ0v) is 13.4. The molecule has 0 bridgehead atoms. The highest BCUT2D eigenvalue weighted by Crippen LogP contribution is 2.33. The Morgan fingerprint density at radius 2 is 2.00 bits per heavy atom. The summed E-state index contributed by atoms with van der Waals surface area (Å²) in [6, 6.07) is 5.21. The van der Waals surface area contributed by atoms with Gasteiger partial charge in [-0.25, -0.2) is 4.79 Å². The van der Waals surface area contributed by atoms with Gasteiger partial charge in [-0.3, -0.25) is 19.6 Å². The highest BCUT2D eigenvalue weighted by atomic mass is 35.5. The number of nitrogens with zero attached hydrogens (tertiary/aromatic N) is 4. The van der Waals surface area contributed by atoms with Gasteiger partial charge in [-0.15, -0.1) is 0 Å². The Hall–Kier alpha value is -2.08. The SMILES string of the molecule is O=C(CN1C(=O)N2CCN=C2c2ccc(Cl)cc21)N1CCCC1. The Morgan fingerprint density at radius 3 is 2.78 bits per heavy atom. The van der Waals surface area contributed by atoms with Gasteiger partial charge in [-0.05, 0) is 31.0 Å². The third kappa shape index (κ3) is 2.37. The molecule has 1 aromatic rings. The number of carbonyl (C=O) groups excluding carboxylic acids is 2. The minimum absolute atomic E-state index is 0.0126. The Kier molecular flexibility index (Phi) is 3.49. The fraction of sp³-hybridized carbons (Fsp3) is 0.438. The predicted molar refractivity (Wildman–Crippen MR) is 88.1 cm³/mol. The summed E-state index contributed by atoms with van der Waals surface area (Å²) >= 11 is 6.11. The summed E-state index contributed by atoms with van der Waals surface area (Å²) in [6.45, 7) is 2.76. The Balaban J connectivity index is 1.70. The summed E-state index contributed by atoms with van der Waals surface area (Å²) in [4.78, 5) is 34.7. The summed E-state index contributed by atoms with van der Waals surface area (Å²) in [5.41, 5.74) is 1.53. The van der Waals surface area contributed by atoms with Gasteiger partial charge < -0.3 is 4.90 Å². The van der Waals surface area contributed by atoms with E-state index in [1.165, 1.54) is 4.90 Å². The quantitative estimate of drug-likeness (QED) is 0.831. The Bertz CT molecular complexity index is 712. The molecule has 3 heterocycles. The van der Waals surface area contributed by atoms with Gasteiger partial charge in [0.05, 0.1) is 12.2 Å². The second kappa shape index (κ2) is 5.53. The lowest BCUT2D eigenvalue weighted by Crippen LogP contribution is -2.53. The third-order valence-electron chi connectivity index (χ3n) is 4.55. The second-order valence-corrected chi connectivity index (χ2v) is 6.41. The molecule has 0 saturated carbocycles. The number of halogens is 1. The largest absolute Gasteiger partial charge is 0.341 e. The molecule has 0 N–H and O–H groups in total. The topological polar surface area (TPSA) is 56.2 Å². The van der Waals surface area contributed by atoms with Gasteiger partial charge in [0.2, 0.25) is 5.91 Å². The molecule has 1 aromatic carbocycles. The number of rotatable bonds is 2. The van der Waals surface area contributed by atoms with Gasteiger partial charge in [-0.2, -0.15) is 0 Å². The number of anilines is 1. The monoisotopic (exact) mass is 332 g/mol. The van der Waals surface area contributed by atoms with Crippen LogP contribution in [0.1, 0.15) is 18.4 Å². The van der Waals surface area contributed by atoms with Gasteiger partial charge in [0.15, 0.2) is 0 Å². The van der Waals surface area contributed by atoms with E-state index in [9.17, 15) is 9.59 Å². The van der Waals surface area contributed by atoms with Crippen molar-refractivity contribution in [2.75, 3.05) is 37.6 Å². The van der Waals surface area contributed by atoms with Crippen molar-refractivity contribution >= 4 is 35.1 Å². The van der Waals surface area contributed by atoms with Crippen LogP contribution < -0.4 is 4.90 Å². The Morgan fingerprint density at radius 1 is 1.22 bits per heavy atom. The van der Waals surface area contributed by atoms with E-state index < -0.39 is 0 Å². The van der Waals surface area contributed by atoms with Gasteiger partial charge >= 0.3 is 6.03 Å². The van der Waals surface area contributed by atoms with Crippen LogP contribution >= 0.6 is 11.6 Å². The van der Waals surface area contributed by atoms with Crippen LogP contribution in [-0.2, 0) is 4.79 Å². The fourth-order valence-electron chi connectivity index (χ4n) is 3.38. The minimum Gasteiger partial charge on any atom is -0.341 e. The lowest BCUT2D eigenvalue weighted by atomic mass is 10.1. The van der Waals surface area contributed by atoms with E-state index in [4.69, 9.17) is 11.6 Å². The van der Waals surface area contributed by atoms with Crippen LogP contribution in [-0.4, -0.2) is 60.3 Å². The number of aliphatic imine (C=N–C) groups is 1. The average molecular weight is 333 g/mol. The number of hydrogen-bond acceptors (Lipinski definition) is 3. The standard InChI is InChI=1S/C16H17ClN4O2/c17-11-3-4-12-13(9-11)21(10-14(22)19-6-1-2-7-19)16(23)20-8-5-18-15(12)20/h3-4,9H,1-2,5-8,10H2. The molecule has 3 aliphatic rings. The number of carbonyl (C=O) groups is 2. The highest BCUT2D eigenvalue weighted by Gasteiger charge is 2.38. The summed E-state index contributed by atoms with van der Waals surface area (Å²) in [5.74, 6) is 0.674. The van der Waals surface area contributed by atoms with Crippen molar-refractivity contribution in [3.8, 4) is 0 Å². The number of amidine groups is 1. The molecule has 0 atom stereocenters. The molecule has 0 unspecified atom stereocenters. The smallest absolute Gasteiger partial charge is 0.330 e. The van der Waals surface area contributed by atoms with Gasteiger partial charge in [0.25, 0.3) is 0 Å². The molecule has 3 aliphatic heterocycles. The average Bonchev–Trinajstić information content (AvgIpc) is 3.22. The molecule has 1 saturated heterocycles. The van der Waals surface area contributed by atoms with E-state index in [2.05, 4.69) is 4.99 Å². The summed E-state index contributed by atoms with van der Waals surface area (Å²) in [7, 11) is 0. The van der Waals surface area contributed by atoms with Crippen LogP contribution in [0, 0.1) is 0 Å². The summed E-state index contributed by atoms with van der Waals surface area (Å²) in [5, 5.41) is 0.544. The van der Waals surface area contributed by atoms with Crippen LogP contribution in [0.4, 0.5) is 10.5 Å². The maximum Gasteiger partial charge on any atom is 0.330 e. The first kappa shape index (κ1) is 14.5. The number of amides is 3. The zero-order chi connectivity index (χ0) is 16.0. The molecule has 7 heteroatoms. The molecule has 1 fully saturated rings.